The fourth-order valence-corrected chi connectivity index (χ4v) is 2.10. The van der Waals surface area contributed by atoms with E-state index in [-0.39, 0.29) is 0 Å². The molecule has 2 aromatic carbocycles. The van der Waals surface area contributed by atoms with Gasteiger partial charge in [-0.1, -0.05) is 23.7 Å². The number of halogens is 1. The van der Waals surface area contributed by atoms with E-state index in [0.29, 0.717) is 10.8 Å². The zero-order valence-electron chi connectivity index (χ0n) is 9.83. The third kappa shape index (κ3) is 2.37. The van der Waals surface area contributed by atoms with Crippen molar-refractivity contribution in [3.8, 4) is 16.9 Å². The van der Waals surface area contributed by atoms with Crippen LogP contribution in [0.15, 0.2) is 36.4 Å². The van der Waals surface area contributed by atoms with Gasteiger partial charge in [-0.05, 0) is 47.9 Å². The summed E-state index contributed by atoms with van der Waals surface area (Å²) in [7, 11) is 1.61. The minimum atomic E-state index is 0.612. The first-order valence-corrected chi connectivity index (χ1v) is 5.69. The van der Waals surface area contributed by atoms with Crippen LogP contribution in [-0.2, 0) is 0 Å². The van der Waals surface area contributed by atoms with Gasteiger partial charge in [-0.15, -0.1) is 0 Å². The molecule has 2 N–H and O–H groups in total. The van der Waals surface area contributed by atoms with Gasteiger partial charge < -0.3 is 10.5 Å². The Morgan fingerprint density at radius 1 is 1.12 bits per heavy atom. The summed E-state index contributed by atoms with van der Waals surface area (Å²) in [6.45, 7) is 2.03. The molecule has 88 valence electrons. The van der Waals surface area contributed by atoms with Crippen LogP contribution in [0.3, 0.4) is 0 Å². The Kier molecular flexibility index (Phi) is 3.25. The molecule has 0 bridgehead atoms. The number of anilines is 1. The molecule has 17 heavy (non-hydrogen) atoms. The average molecular weight is 248 g/mol. The Morgan fingerprint density at radius 3 is 2.47 bits per heavy atom. The summed E-state index contributed by atoms with van der Waals surface area (Å²) in [5.41, 5.74) is 9.83. The van der Waals surface area contributed by atoms with Crippen LogP contribution in [0.4, 0.5) is 5.69 Å². The maximum atomic E-state index is 6.11. The highest BCUT2D eigenvalue weighted by atomic mass is 35.5. The molecule has 0 saturated heterocycles. The molecule has 0 fully saturated rings. The zero-order valence-corrected chi connectivity index (χ0v) is 10.6. The number of nitrogens with two attached hydrogens (primary N) is 1. The molecule has 0 aliphatic rings. The van der Waals surface area contributed by atoms with Gasteiger partial charge in [0.15, 0.2) is 0 Å². The number of methoxy groups -OCH3 is 1. The lowest BCUT2D eigenvalue weighted by Crippen LogP contribution is -1.89. The lowest BCUT2D eigenvalue weighted by molar-refractivity contribution is 0.415. The third-order valence-electron chi connectivity index (χ3n) is 2.71. The van der Waals surface area contributed by atoms with E-state index in [0.717, 1.165) is 22.4 Å². The predicted molar refractivity (Wildman–Crippen MR) is 72.6 cm³/mol. The molecule has 0 amide bonds. The highest BCUT2D eigenvalue weighted by Gasteiger charge is 2.06. The quantitative estimate of drug-likeness (QED) is 0.817. The second-order valence-electron chi connectivity index (χ2n) is 3.92. The molecule has 0 aromatic heterocycles. The van der Waals surface area contributed by atoms with Gasteiger partial charge in [-0.3, -0.25) is 0 Å². The molecule has 3 heteroatoms. The molecule has 0 unspecified atom stereocenters. The van der Waals surface area contributed by atoms with E-state index in [2.05, 4.69) is 0 Å². The molecule has 0 aliphatic carbocycles. The van der Waals surface area contributed by atoms with Crippen molar-refractivity contribution in [1.82, 2.24) is 0 Å². The molecule has 2 aromatic rings. The number of ether oxygens (including phenoxy) is 1. The molecule has 0 radical (unpaired) electrons. The summed E-state index contributed by atoms with van der Waals surface area (Å²) < 4.78 is 5.13. The summed E-state index contributed by atoms with van der Waals surface area (Å²) in [6, 6.07) is 11.6. The monoisotopic (exact) mass is 247 g/mol. The summed E-state index contributed by atoms with van der Waals surface area (Å²) in [6.07, 6.45) is 0. The number of hydrogen-bond acceptors (Lipinski definition) is 2. The predicted octanol–water partition coefficient (Wildman–Crippen LogP) is 3.91. The molecule has 0 aliphatic heterocycles. The Balaban J connectivity index is 2.50. The summed E-state index contributed by atoms with van der Waals surface area (Å²) in [5.74, 6) is 0.684. The van der Waals surface area contributed by atoms with Crippen molar-refractivity contribution in [2.24, 2.45) is 0 Å². The molecule has 2 nitrogen and oxygen atoms in total. The maximum Gasteiger partial charge on any atom is 0.137 e. The van der Waals surface area contributed by atoms with E-state index < -0.39 is 0 Å². The first-order chi connectivity index (χ1) is 8.11. The second kappa shape index (κ2) is 4.68. The van der Waals surface area contributed by atoms with E-state index in [1.165, 1.54) is 0 Å². The summed E-state index contributed by atoms with van der Waals surface area (Å²) in [4.78, 5) is 0. The standard InChI is InChI=1S/C14H14ClNO/c1-9-7-11(16)4-5-12(9)10-3-6-14(17-2)13(15)8-10/h3-8H,16H2,1-2H3. The van der Waals surface area contributed by atoms with Crippen molar-refractivity contribution in [3.63, 3.8) is 0 Å². The first-order valence-electron chi connectivity index (χ1n) is 5.32. The minimum absolute atomic E-state index is 0.612. The average Bonchev–Trinajstić information content (AvgIpc) is 2.29. The first kappa shape index (κ1) is 11.8. The van der Waals surface area contributed by atoms with Gasteiger partial charge in [-0.25, -0.2) is 0 Å². The van der Waals surface area contributed by atoms with Gasteiger partial charge in [-0.2, -0.15) is 0 Å². The molecule has 0 atom stereocenters. The summed E-state index contributed by atoms with van der Waals surface area (Å²) in [5, 5.41) is 0.612. The van der Waals surface area contributed by atoms with Crippen LogP contribution < -0.4 is 10.5 Å². The largest absolute Gasteiger partial charge is 0.495 e. The molecule has 2 rings (SSSR count). The van der Waals surface area contributed by atoms with Crippen LogP contribution in [0, 0.1) is 6.92 Å². The van der Waals surface area contributed by atoms with Gasteiger partial charge >= 0.3 is 0 Å². The van der Waals surface area contributed by atoms with Gasteiger partial charge in [0.2, 0.25) is 0 Å². The lowest BCUT2D eigenvalue weighted by atomic mass is 10.00. The van der Waals surface area contributed by atoms with Crippen molar-refractivity contribution in [1.29, 1.82) is 0 Å². The summed E-state index contributed by atoms with van der Waals surface area (Å²) >= 11 is 6.11. The Morgan fingerprint density at radius 2 is 1.88 bits per heavy atom. The van der Waals surface area contributed by atoms with Gasteiger partial charge in [0, 0.05) is 5.69 Å². The highest BCUT2D eigenvalue weighted by Crippen LogP contribution is 2.32. The fourth-order valence-electron chi connectivity index (χ4n) is 1.84. The molecular formula is C14H14ClNO. The van der Waals surface area contributed by atoms with Crippen molar-refractivity contribution in [2.75, 3.05) is 12.8 Å². The number of nitrogen functional groups attached to an aromatic ring is 1. The SMILES string of the molecule is COc1ccc(-c2ccc(N)cc2C)cc1Cl. The molecule has 0 heterocycles. The number of benzene rings is 2. The van der Waals surface area contributed by atoms with E-state index in [9.17, 15) is 0 Å². The molecule has 0 spiro atoms. The van der Waals surface area contributed by atoms with Crippen LogP contribution in [-0.4, -0.2) is 7.11 Å². The van der Waals surface area contributed by atoms with Gasteiger partial charge in [0.05, 0.1) is 12.1 Å². The minimum Gasteiger partial charge on any atom is -0.495 e. The fraction of sp³-hybridized carbons (Fsp3) is 0.143. The van der Waals surface area contributed by atoms with E-state index in [1.54, 1.807) is 7.11 Å². The third-order valence-corrected chi connectivity index (χ3v) is 3.01. The maximum absolute atomic E-state index is 6.11. The van der Waals surface area contributed by atoms with Crippen molar-refractivity contribution in [2.45, 2.75) is 6.92 Å². The highest BCUT2D eigenvalue weighted by molar-refractivity contribution is 6.32. The van der Waals surface area contributed by atoms with E-state index in [4.69, 9.17) is 22.1 Å². The van der Waals surface area contributed by atoms with Crippen molar-refractivity contribution < 1.29 is 4.74 Å². The Bertz CT molecular complexity index is 552. The molecule has 0 saturated carbocycles. The van der Waals surface area contributed by atoms with Gasteiger partial charge in [0.25, 0.3) is 0 Å². The van der Waals surface area contributed by atoms with Gasteiger partial charge in [0.1, 0.15) is 5.75 Å². The van der Waals surface area contributed by atoms with Crippen molar-refractivity contribution in [3.05, 3.63) is 47.0 Å². The normalized spacial score (nSPS) is 10.3. The van der Waals surface area contributed by atoms with E-state index >= 15 is 0 Å². The lowest BCUT2D eigenvalue weighted by Gasteiger charge is -2.09. The van der Waals surface area contributed by atoms with E-state index in [1.807, 2.05) is 43.3 Å². The zero-order chi connectivity index (χ0) is 12.4. The second-order valence-corrected chi connectivity index (χ2v) is 4.33. The smallest absolute Gasteiger partial charge is 0.137 e. The Hall–Kier alpha value is -1.67. The van der Waals surface area contributed by atoms with Crippen LogP contribution in [0.25, 0.3) is 11.1 Å². The van der Waals surface area contributed by atoms with Crippen LogP contribution in [0.1, 0.15) is 5.56 Å². The van der Waals surface area contributed by atoms with Crippen LogP contribution >= 0.6 is 11.6 Å². The van der Waals surface area contributed by atoms with Crippen LogP contribution in [0.2, 0.25) is 5.02 Å². The number of aryl methyl sites for hydroxylation is 1. The van der Waals surface area contributed by atoms with Crippen LogP contribution in [0.5, 0.6) is 5.75 Å². The Labute approximate surface area is 106 Å². The van der Waals surface area contributed by atoms with Crippen molar-refractivity contribution >= 4 is 17.3 Å². The number of hydrogen-bond donors (Lipinski definition) is 1. The number of rotatable bonds is 2. The topological polar surface area (TPSA) is 35.2 Å². The molecular weight excluding hydrogens is 234 g/mol.